The minimum Gasteiger partial charge on any atom is -0.477 e. The molecule has 1 saturated heterocycles. The van der Waals surface area contributed by atoms with Crippen LogP contribution in [0.25, 0.3) is 0 Å². The minimum absolute atomic E-state index is 0.0333. The quantitative estimate of drug-likeness (QED) is 0.676. The number of aromatic carboxylic acids is 1. The number of carboxylic acids is 1. The van der Waals surface area contributed by atoms with Gasteiger partial charge in [-0.1, -0.05) is 6.92 Å². The monoisotopic (exact) mass is 294 g/mol. The molecule has 114 valence electrons. The molecule has 1 aliphatic heterocycles. The lowest BCUT2D eigenvalue weighted by molar-refractivity contribution is -0.385. The molecule has 2 unspecified atom stereocenters. The molecule has 0 radical (unpaired) electrons. The second-order valence-corrected chi connectivity index (χ2v) is 5.12. The van der Waals surface area contributed by atoms with Gasteiger partial charge in [0.05, 0.1) is 23.7 Å². The van der Waals surface area contributed by atoms with Gasteiger partial charge in [0.15, 0.2) is 0 Å². The van der Waals surface area contributed by atoms with Gasteiger partial charge < -0.3 is 14.7 Å². The molecule has 1 aromatic rings. The molecule has 0 aromatic heterocycles. The van der Waals surface area contributed by atoms with Gasteiger partial charge in [0.2, 0.25) is 0 Å². The van der Waals surface area contributed by atoms with E-state index in [-0.39, 0.29) is 23.4 Å². The molecule has 0 amide bonds. The topological polar surface area (TPSA) is 92.9 Å². The fourth-order valence-corrected chi connectivity index (χ4v) is 2.53. The van der Waals surface area contributed by atoms with Crippen LogP contribution in [0, 0.1) is 10.1 Å². The average molecular weight is 294 g/mol. The van der Waals surface area contributed by atoms with E-state index in [2.05, 4.69) is 0 Å². The highest BCUT2D eigenvalue weighted by molar-refractivity contribution is 5.93. The third-order valence-electron chi connectivity index (χ3n) is 3.68. The van der Waals surface area contributed by atoms with E-state index in [9.17, 15) is 14.9 Å². The minimum atomic E-state index is -1.30. The summed E-state index contributed by atoms with van der Waals surface area (Å²) < 4.78 is 5.60. The molecule has 1 fully saturated rings. The fourth-order valence-electron chi connectivity index (χ4n) is 2.53. The van der Waals surface area contributed by atoms with Crippen molar-refractivity contribution in [2.24, 2.45) is 0 Å². The number of nitro groups is 1. The Hall–Kier alpha value is -2.15. The first-order valence-corrected chi connectivity index (χ1v) is 6.84. The SMILES string of the molecule is CCC1COC(C)CN1c1ccc(C(=O)O)c([N+](=O)[O-])c1. The third kappa shape index (κ3) is 3.13. The summed E-state index contributed by atoms with van der Waals surface area (Å²) in [5, 5.41) is 20.1. The van der Waals surface area contributed by atoms with E-state index in [1.807, 2.05) is 18.7 Å². The molecule has 7 nitrogen and oxygen atoms in total. The van der Waals surface area contributed by atoms with Crippen LogP contribution in [0.15, 0.2) is 18.2 Å². The Balaban J connectivity index is 2.41. The van der Waals surface area contributed by atoms with Crippen LogP contribution in [0.1, 0.15) is 30.6 Å². The van der Waals surface area contributed by atoms with E-state index in [4.69, 9.17) is 9.84 Å². The van der Waals surface area contributed by atoms with Gasteiger partial charge in [-0.15, -0.1) is 0 Å². The van der Waals surface area contributed by atoms with E-state index in [1.54, 1.807) is 6.07 Å². The molecule has 0 aliphatic carbocycles. The van der Waals surface area contributed by atoms with E-state index < -0.39 is 10.9 Å². The Morgan fingerprint density at radius 1 is 1.57 bits per heavy atom. The summed E-state index contributed by atoms with van der Waals surface area (Å²) in [5.74, 6) is -1.30. The first-order chi connectivity index (χ1) is 9.93. The van der Waals surface area contributed by atoms with Gasteiger partial charge in [-0.05, 0) is 25.5 Å². The first kappa shape index (κ1) is 15.2. The van der Waals surface area contributed by atoms with Crippen LogP contribution in [0.5, 0.6) is 0 Å². The zero-order valence-corrected chi connectivity index (χ0v) is 12.0. The highest BCUT2D eigenvalue weighted by atomic mass is 16.6. The van der Waals surface area contributed by atoms with Crippen molar-refractivity contribution in [3.8, 4) is 0 Å². The Morgan fingerprint density at radius 2 is 2.29 bits per heavy atom. The number of ether oxygens (including phenoxy) is 1. The highest BCUT2D eigenvalue weighted by Crippen LogP contribution is 2.29. The molecular weight excluding hydrogens is 276 g/mol. The van der Waals surface area contributed by atoms with Crippen molar-refractivity contribution in [3.05, 3.63) is 33.9 Å². The van der Waals surface area contributed by atoms with E-state index in [0.29, 0.717) is 18.8 Å². The zero-order chi connectivity index (χ0) is 15.6. The number of anilines is 1. The number of nitro benzene ring substituents is 1. The third-order valence-corrected chi connectivity index (χ3v) is 3.68. The van der Waals surface area contributed by atoms with Crippen LogP contribution in [-0.2, 0) is 4.74 Å². The van der Waals surface area contributed by atoms with Crippen LogP contribution in [0.3, 0.4) is 0 Å². The van der Waals surface area contributed by atoms with E-state index >= 15 is 0 Å². The highest BCUT2D eigenvalue weighted by Gasteiger charge is 2.28. The molecule has 2 rings (SSSR count). The number of rotatable bonds is 4. The number of carbonyl (C=O) groups is 1. The summed E-state index contributed by atoms with van der Waals surface area (Å²) >= 11 is 0. The molecule has 2 atom stereocenters. The molecule has 1 N–H and O–H groups in total. The maximum absolute atomic E-state index is 11.1. The van der Waals surface area contributed by atoms with Crippen molar-refractivity contribution in [3.63, 3.8) is 0 Å². The first-order valence-electron chi connectivity index (χ1n) is 6.84. The Labute approximate surface area is 122 Å². The van der Waals surface area contributed by atoms with Gasteiger partial charge >= 0.3 is 5.97 Å². The summed E-state index contributed by atoms with van der Waals surface area (Å²) in [4.78, 5) is 23.5. The lowest BCUT2D eigenvalue weighted by Crippen LogP contribution is -2.48. The molecule has 1 heterocycles. The molecule has 7 heteroatoms. The lowest BCUT2D eigenvalue weighted by Gasteiger charge is -2.39. The molecule has 0 bridgehead atoms. The number of nitrogens with zero attached hydrogens (tertiary/aromatic N) is 2. The number of benzene rings is 1. The number of hydrogen-bond acceptors (Lipinski definition) is 5. The maximum Gasteiger partial charge on any atom is 0.342 e. The molecule has 0 saturated carbocycles. The summed E-state index contributed by atoms with van der Waals surface area (Å²) in [5.41, 5.74) is -0.0131. The van der Waals surface area contributed by atoms with Gasteiger partial charge in [-0.25, -0.2) is 4.79 Å². The van der Waals surface area contributed by atoms with Crippen LogP contribution < -0.4 is 4.90 Å². The normalized spacial score (nSPS) is 22.1. The molecule has 1 aromatic carbocycles. The van der Waals surface area contributed by atoms with Gasteiger partial charge in [0, 0.05) is 18.3 Å². The van der Waals surface area contributed by atoms with Gasteiger partial charge in [0.25, 0.3) is 5.69 Å². The predicted octanol–water partition coefficient (Wildman–Crippen LogP) is 2.30. The average Bonchev–Trinajstić information content (AvgIpc) is 2.46. The molecule has 21 heavy (non-hydrogen) atoms. The number of carboxylic acid groups (broad SMARTS) is 1. The van der Waals surface area contributed by atoms with Crippen LogP contribution in [0.2, 0.25) is 0 Å². The number of hydrogen-bond donors (Lipinski definition) is 1. The van der Waals surface area contributed by atoms with Gasteiger partial charge in [0.1, 0.15) is 5.56 Å². The van der Waals surface area contributed by atoms with Gasteiger partial charge in [-0.3, -0.25) is 10.1 Å². The van der Waals surface area contributed by atoms with Crippen molar-refractivity contribution in [2.75, 3.05) is 18.1 Å². The van der Waals surface area contributed by atoms with Crippen LogP contribution in [0.4, 0.5) is 11.4 Å². The Kier molecular flexibility index (Phi) is 4.42. The Bertz CT molecular complexity index is 560. The van der Waals surface area contributed by atoms with Crippen LogP contribution >= 0.6 is 0 Å². The van der Waals surface area contributed by atoms with E-state index in [1.165, 1.54) is 12.1 Å². The van der Waals surface area contributed by atoms with Crippen molar-refractivity contribution in [1.29, 1.82) is 0 Å². The molecule has 1 aliphatic rings. The molecular formula is C14H18N2O5. The maximum atomic E-state index is 11.1. The van der Waals surface area contributed by atoms with Crippen molar-refractivity contribution >= 4 is 17.3 Å². The summed E-state index contributed by atoms with van der Waals surface area (Å²) in [6, 6.07) is 4.39. The summed E-state index contributed by atoms with van der Waals surface area (Å²) in [6.45, 7) is 5.16. The van der Waals surface area contributed by atoms with Crippen LogP contribution in [-0.4, -0.2) is 41.3 Å². The smallest absolute Gasteiger partial charge is 0.342 e. The summed E-state index contributed by atoms with van der Waals surface area (Å²) in [6.07, 6.45) is 0.882. The lowest BCUT2D eigenvalue weighted by atomic mass is 10.1. The van der Waals surface area contributed by atoms with Crippen molar-refractivity contribution in [1.82, 2.24) is 0 Å². The second-order valence-electron chi connectivity index (χ2n) is 5.12. The van der Waals surface area contributed by atoms with E-state index in [0.717, 1.165) is 6.42 Å². The van der Waals surface area contributed by atoms with Crippen molar-refractivity contribution < 1.29 is 19.6 Å². The zero-order valence-electron chi connectivity index (χ0n) is 12.0. The predicted molar refractivity (Wildman–Crippen MR) is 76.9 cm³/mol. The Morgan fingerprint density at radius 3 is 2.86 bits per heavy atom. The second kappa shape index (κ2) is 6.09. The fraction of sp³-hybridized carbons (Fsp3) is 0.500. The summed E-state index contributed by atoms with van der Waals surface area (Å²) in [7, 11) is 0. The standard InChI is InChI=1S/C14H18N2O5/c1-3-10-8-21-9(2)7-15(10)11-4-5-12(14(17)18)13(6-11)16(19)20/h4-6,9-10H,3,7-8H2,1-2H3,(H,17,18). The largest absolute Gasteiger partial charge is 0.477 e. The van der Waals surface area contributed by atoms with Gasteiger partial charge in [-0.2, -0.15) is 0 Å². The molecule has 0 spiro atoms. The number of morpholine rings is 1. The van der Waals surface area contributed by atoms with Crippen molar-refractivity contribution in [2.45, 2.75) is 32.4 Å².